The van der Waals surface area contributed by atoms with Crippen molar-refractivity contribution >= 4 is 16.9 Å². The van der Waals surface area contributed by atoms with Crippen LogP contribution in [0.4, 0.5) is 0 Å². The van der Waals surface area contributed by atoms with Gasteiger partial charge in [-0.1, -0.05) is 80.4 Å². The van der Waals surface area contributed by atoms with E-state index in [4.69, 9.17) is 4.98 Å². The number of carbonyl (C=O) groups is 1. The minimum absolute atomic E-state index is 0.0753. The zero-order valence-electron chi connectivity index (χ0n) is 18.0. The van der Waals surface area contributed by atoms with Crippen LogP contribution in [-0.2, 0) is 13.0 Å². The van der Waals surface area contributed by atoms with E-state index in [1.54, 1.807) is 0 Å². The monoisotopic (exact) mass is 411 g/mol. The zero-order chi connectivity index (χ0) is 21.5. The molecule has 4 rings (SSSR count). The highest BCUT2D eigenvalue weighted by Gasteiger charge is 2.23. The zero-order valence-corrected chi connectivity index (χ0v) is 18.0. The molecule has 0 saturated carbocycles. The second kappa shape index (κ2) is 10.1. The van der Waals surface area contributed by atoms with Gasteiger partial charge in [0.05, 0.1) is 17.1 Å². The van der Waals surface area contributed by atoms with Gasteiger partial charge in [-0.3, -0.25) is 4.79 Å². The Morgan fingerprint density at radius 2 is 1.58 bits per heavy atom. The third kappa shape index (κ3) is 5.02. The van der Waals surface area contributed by atoms with E-state index in [9.17, 15) is 4.79 Å². The summed E-state index contributed by atoms with van der Waals surface area (Å²) in [4.78, 5) is 18.0. The molecule has 0 fully saturated rings. The second-order valence-corrected chi connectivity index (χ2v) is 7.90. The third-order valence-electron chi connectivity index (χ3n) is 5.60. The smallest absolute Gasteiger partial charge is 0.251 e. The molecule has 0 aliphatic heterocycles. The number of amides is 1. The Bertz CT molecular complexity index is 1120. The number of carbonyl (C=O) groups excluding carboxylic acids is 1. The van der Waals surface area contributed by atoms with Gasteiger partial charge in [-0.2, -0.15) is 0 Å². The van der Waals surface area contributed by atoms with Crippen LogP contribution in [0.5, 0.6) is 0 Å². The van der Waals surface area contributed by atoms with Crippen LogP contribution >= 0.6 is 0 Å². The quantitative estimate of drug-likeness (QED) is 0.346. The number of rotatable bonds is 9. The second-order valence-electron chi connectivity index (χ2n) is 7.90. The van der Waals surface area contributed by atoms with E-state index in [0.29, 0.717) is 12.0 Å². The van der Waals surface area contributed by atoms with E-state index < -0.39 is 0 Å². The molecule has 1 aromatic heterocycles. The lowest BCUT2D eigenvalue weighted by Gasteiger charge is -2.21. The Labute approximate surface area is 183 Å². The van der Waals surface area contributed by atoms with Gasteiger partial charge >= 0.3 is 0 Å². The number of nitrogens with zero attached hydrogens (tertiary/aromatic N) is 2. The van der Waals surface area contributed by atoms with E-state index >= 15 is 0 Å². The predicted octanol–water partition coefficient (Wildman–Crippen LogP) is 5.94. The van der Waals surface area contributed by atoms with Gasteiger partial charge in [0.2, 0.25) is 0 Å². The number of fused-ring (bicyclic) bond motifs is 1. The summed E-state index contributed by atoms with van der Waals surface area (Å²) in [6.07, 6.45) is 4.12. The van der Waals surface area contributed by atoms with Crippen LogP contribution in [0.15, 0.2) is 84.9 Å². The lowest BCUT2D eigenvalue weighted by molar-refractivity contribution is 0.0934. The van der Waals surface area contributed by atoms with Gasteiger partial charge in [0.15, 0.2) is 0 Å². The van der Waals surface area contributed by atoms with Crippen LogP contribution in [0.2, 0.25) is 0 Å². The van der Waals surface area contributed by atoms with Crippen molar-refractivity contribution in [1.82, 2.24) is 14.9 Å². The van der Waals surface area contributed by atoms with Gasteiger partial charge in [0.1, 0.15) is 5.82 Å². The van der Waals surface area contributed by atoms with Crippen molar-refractivity contribution in [2.75, 3.05) is 0 Å². The van der Waals surface area contributed by atoms with E-state index in [1.165, 1.54) is 18.4 Å². The Morgan fingerprint density at radius 1 is 0.903 bits per heavy atom. The summed E-state index contributed by atoms with van der Waals surface area (Å²) < 4.78 is 2.30. The predicted molar refractivity (Wildman–Crippen MR) is 126 cm³/mol. The molecule has 3 aromatic carbocycles. The van der Waals surface area contributed by atoms with Crippen molar-refractivity contribution in [1.29, 1.82) is 0 Å². The average Bonchev–Trinajstić information content (AvgIpc) is 3.19. The first-order chi connectivity index (χ1) is 15.3. The minimum atomic E-state index is -0.218. The number of unbranched alkanes of at least 4 members (excludes halogenated alkanes) is 2. The lowest BCUT2D eigenvalue weighted by Crippen LogP contribution is -2.32. The molecule has 1 atom stereocenters. The molecule has 0 unspecified atom stereocenters. The molecule has 0 spiro atoms. The fourth-order valence-corrected chi connectivity index (χ4v) is 4.00. The highest BCUT2D eigenvalue weighted by Crippen LogP contribution is 2.25. The standard InChI is InChI=1S/C27H29N3O/c1-2-3-12-19-30-25-18-11-10-17-23(25)28-26(30)24(20-21-13-6-4-7-14-21)29-27(31)22-15-8-5-9-16-22/h4-11,13-18,24H,2-3,12,19-20H2,1H3,(H,29,31)/t24-/m0/s1. The van der Waals surface area contributed by atoms with Crippen LogP contribution in [0.25, 0.3) is 11.0 Å². The number of para-hydroxylation sites is 2. The molecule has 0 aliphatic carbocycles. The van der Waals surface area contributed by atoms with Crippen LogP contribution in [0, 0.1) is 0 Å². The van der Waals surface area contributed by atoms with Crippen molar-refractivity contribution in [3.63, 3.8) is 0 Å². The van der Waals surface area contributed by atoms with E-state index in [2.05, 4.69) is 41.1 Å². The Morgan fingerprint density at radius 3 is 2.32 bits per heavy atom. The third-order valence-corrected chi connectivity index (χ3v) is 5.60. The Balaban J connectivity index is 1.72. The molecule has 1 amide bonds. The summed E-state index contributed by atoms with van der Waals surface area (Å²) in [7, 11) is 0. The van der Waals surface area contributed by atoms with E-state index in [1.807, 2.05) is 60.7 Å². The first-order valence-electron chi connectivity index (χ1n) is 11.1. The molecule has 0 bridgehead atoms. The number of aromatic nitrogens is 2. The van der Waals surface area contributed by atoms with Crippen LogP contribution in [-0.4, -0.2) is 15.5 Å². The first-order valence-corrected chi connectivity index (χ1v) is 11.1. The number of hydrogen-bond donors (Lipinski definition) is 1. The summed E-state index contributed by atoms with van der Waals surface area (Å²) in [6, 6.07) is 27.7. The highest BCUT2D eigenvalue weighted by molar-refractivity contribution is 5.94. The van der Waals surface area contributed by atoms with Crippen molar-refractivity contribution in [3.05, 3.63) is 102 Å². The van der Waals surface area contributed by atoms with Crippen molar-refractivity contribution in [2.45, 2.75) is 45.2 Å². The number of benzene rings is 3. The lowest BCUT2D eigenvalue weighted by atomic mass is 10.0. The summed E-state index contributed by atoms with van der Waals surface area (Å²) in [5, 5.41) is 3.27. The largest absolute Gasteiger partial charge is 0.342 e. The van der Waals surface area contributed by atoms with Gasteiger partial charge < -0.3 is 9.88 Å². The molecule has 0 radical (unpaired) electrons. The molecule has 31 heavy (non-hydrogen) atoms. The number of hydrogen-bond acceptors (Lipinski definition) is 2. The highest BCUT2D eigenvalue weighted by atomic mass is 16.1. The van der Waals surface area contributed by atoms with Gasteiger partial charge in [-0.15, -0.1) is 0 Å². The minimum Gasteiger partial charge on any atom is -0.342 e. The average molecular weight is 412 g/mol. The summed E-state index contributed by atoms with van der Waals surface area (Å²) >= 11 is 0. The Kier molecular flexibility index (Phi) is 6.78. The molecule has 1 N–H and O–H groups in total. The van der Waals surface area contributed by atoms with E-state index in [0.717, 1.165) is 29.8 Å². The molecule has 4 heteroatoms. The fourth-order valence-electron chi connectivity index (χ4n) is 4.00. The molecule has 158 valence electrons. The fraction of sp³-hybridized carbons (Fsp3) is 0.259. The summed E-state index contributed by atoms with van der Waals surface area (Å²) in [5.74, 6) is 0.846. The molecule has 0 aliphatic rings. The van der Waals surface area contributed by atoms with Gasteiger partial charge in [0, 0.05) is 12.1 Å². The maximum Gasteiger partial charge on any atom is 0.251 e. The van der Waals surface area contributed by atoms with Crippen LogP contribution < -0.4 is 5.32 Å². The normalized spacial score (nSPS) is 12.0. The van der Waals surface area contributed by atoms with Crippen LogP contribution in [0.1, 0.15) is 54.0 Å². The maximum atomic E-state index is 13.1. The molecule has 0 saturated heterocycles. The maximum absolute atomic E-state index is 13.1. The molecule has 4 aromatic rings. The summed E-state index contributed by atoms with van der Waals surface area (Å²) in [6.45, 7) is 3.11. The van der Waals surface area contributed by atoms with Crippen LogP contribution in [0.3, 0.4) is 0 Å². The summed E-state index contributed by atoms with van der Waals surface area (Å²) in [5.41, 5.74) is 3.93. The van der Waals surface area contributed by atoms with Gasteiger partial charge in [-0.05, 0) is 42.7 Å². The molecule has 1 heterocycles. The number of aryl methyl sites for hydroxylation is 1. The molecular formula is C27H29N3O. The topological polar surface area (TPSA) is 46.9 Å². The van der Waals surface area contributed by atoms with Crippen molar-refractivity contribution in [3.8, 4) is 0 Å². The first kappa shape index (κ1) is 20.9. The SMILES string of the molecule is CCCCCn1c([C@H](Cc2ccccc2)NC(=O)c2ccccc2)nc2ccccc21. The van der Waals surface area contributed by atoms with Crippen molar-refractivity contribution < 1.29 is 4.79 Å². The number of imidazole rings is 1. The Hall–Kier alpha value is -3.40. The molecular weight excluding hydrogens is 382 g/mol. The number of nitrogens with one attached hydrogen (secondary N) is 1. The van der Waals surface area contributed by atoms with Gasteiger partial charge in [0.25, 0.3) is 5.91 Å². The van der Waals surface area contributed by atoms with Gasteiger partial charge in [-0.25, -0.2) is 4.98 Å². The molecule has 4 nitrogen and oxygen atoms in total. The van der Waals surface area contributed by atoms with E-state index in [-0.39, 0.29) is 11.9 Å². The van der Waals surface area contributed by atoms with Crippen molar-refractivity contribution in [2.24, 2.45) is 0 Å².